The van der Waals surface area contributed by atoms with E-state index in [-0.39, 0.29) is 12.5 Å². The Balaban J connectivity index is 1.93. The normalized spacial score (nSPS) is 10.6. The van der Waals surface area contributed by atoms with Gasteiger partial charge in [-0.15, -0.1) is 11.3 Å². The summed E-state index contributed by atoms with van der Waals surface area (Å²) in [6, 6.07) is 7.62. The summed E-state index contributed by atoms with van der Waals surface area (Å²) < 4.78 is 10.0. The molecule has 0 atom stereocenters. The monoisotopic (exact) mass is 306 g/mol. The van der Waals surface area contributed by atoms with Crippen molar-refractivity contribution in [3.05, 3.63) is 35.3 Å². The van der Waals surface area contributed by atoms with E-state index in [1.807, 2.05) is 36.6 Å². The van der Waals surface area contributed by atoms with Crippen LogP contribution in [-0.2, 0) is 14.3 Å². The molecule has 0 radical (unpaired) electrons. The third-order valence-electron chi connectivity index (χ3n) is 2.68. The largest absolute Gasteiger partial charge is 0.382 e. The molecule has 0 aliphatic rings. The molecule has 1 aromatic carbocycles. The molecule has 1 amide bonds. The van der Waals surface area contributed by atoms with E-state index in [1.165, 1.54) is 0 Å². The average molecular weight is 306 g/mol. The summed E-state index contributed by atoms with van der Waals surface area (Å²) >= 11 is 1.59. The number of nitrogens with zero attached hydrogens (tertiary/aromatic N) is 1. The summed E-state index contributed by atoms with van der Waals surface area (Å²) in [5, 5.41) is 5.76. The number of amides is 1. The van der Waals surface area contributed by atoms with Crippen molar-refractivity contribution in [3.63, 3.8) is 0 Å². The Morgan fingerprint density at radius 1 is 1.38 bits per heavy atom. The van der Waals surface area contributed by atoms with Crippen molar-refractivity contribution in [1.82, 2.24) is 4.98 Å². The standard InChI is InChI=1S/C15H18N2O3S/c1-11-10-21-15(16-11)12-4-3-5-13(8-12)17-14(18)9-20-7-6-19-2/h3-5,8,10H,6-7,9H2,1-2H3,(H,17,18). The first-order valence-corrected chi connectivity index (χ1v) is 7.46. The molecule has 1 heterocycles. The highest BCUT2D eigenvalue weighted by molar-refractivity contribution is 7.13. The minimum atomic E-state index is -0.182. The summed E-state index contributed by atoms with van der Waals surface area (Å²) in [5.41, 5.74) is 2.72. The van der Waals surface area contributed by atoms with Gasteiger partial charge >= 0.3 is 0 Å². The zero-order chi connectivity index (χ0) is 15.1. The summed E-state index contributed by atoms with van der Waals surface area (Å²) in [6.07, 6.45) is 0. The molecule has 5 nitrogen and oxygen atoms in total. The van der Waals surface area contributed by atoms with E-state index in [9.17, 15) is 4.79 Å². The second kappa shape index (κ2) is 7.87. The molecule has 0 aliphatic carbocycles. The van der Waals surface area contributed by atoms with Gasteiger partial charge in [0.1, 0.15) is 11.6 Å². The molecule has 1 N–H and O–H groups in total. The second-order valence-corrected chi connectivity index (χ2v) is 5.33. The lowest BCUT2D eigenvalue weighted by atomic mass is 10.2. The number of methoxy groups -OCH3 is 1. The molecule has 0 unspecified atom stereocenters. The number of carbonyl (C=O) groups excluding carboxylic acids is 1. The van der Waals surface area contributed by atoms with Gasteiger partial charge in [0, 0.05) is 29.4 Å². The molecule has 2 rings (SSSR count). The summed E-state index contributed by atoms with van der Waals surface area (Å²) in [7, 11) is 1.59. The number of hydrogen-bond donors (Lipinski definition) is 1. The van der Waals surface area contributed by atoms with E-state index in [0.29, 0.717) is 13.2 Å². The van der Waals surface area contributed by atoms with Crippen molar-refractivity contribution in [2.75, 3.05) is 32.2 Å². The average Bonchev–Trinajstić information content (AvgIpc) is 2.91. The van der Waals surface area contributed by atoms with Crippen LogP contribution in [0.1, 0.15) is 5.69 Å². The predicted octanol–water partition coefficient (Wildman–Crippen LogP) is 2.72. The van der Waals surface area contributed by atoms with Crippen molar-refractivity contribution in [1.29, 1.82) is 0 Å². The van der Waals surface area contributed by atoms with E-state index in [1.54, 1.807) is 18.4 Å². The van der Waals surface area contributed by atoms with Crippen LogP contribution < -0.4 is 5.32 Å². The van der Waals surface area contributed by atoms with Gasteiger partial charge < -0.3 is 14.8 Å². The van der Waals surface area contributed by atoms with Gasteiger partial charge in [0.2, 0.25) is 5.91 Å². The fraction of sp³-hybridized carbons (Fsp3) is 0.333. The Bertz CT molecular complexity index is 598. The second-order valence-electron chi connectivity index (χ2n) is 4.47. The molecule has 0 bridgehead atoms. The number of nitrogens with one attached hydrogen (secondary N) is 1. The summed E-state index contributed by atoms with van der Waals surface area (Å²) in [5.74, 6) is -0.182. The van der Waals surface area contributed by atoms with Gasteiger partial charge in [0.25, 0.3) is 0 Å². The Kier molecular flexibility index (Phi) is 5.86. The van der Waals surface area contributed by atoms with Gasteiger partial charge in [-0.3, -0.25) is 4.79 Å². The highest BCUT2D eigenvalue weighted by atomic mass is 32.1. The van der Waals surface area contributed by atoms with Gasteiger partial charge in [0.15, 0.2) is 0 Å². The van der Waals surface area contributed by atoms with Crippen LogP contribution in [0, 0.1) is 6.92 Å². The number of ether oxygens (including phenoxy) is 2. The molecule has 0 spiro atoms. The summed E-state index contributed by atoms with van der Waals surface area (Å²) in [4.78, 5) is 16.2. The third kappa shape index (κ3) is 4.93. The van der Waals surface area contributed by atoms with E-state index < -0.39 is 0 Å². The van der Waals surface area contributed by atoms with Crippen molar-refractivity contribution in [2.45, 2.75) is 6.92 Å². The number of rotatable bonds is 7. The van der Waals surface area contributed by atoms with Gasteiger partial charge in [-0.05, 0) is 19.1 Å². The van der Waals surface area contributed by atoms with E-state index >= 15 is 0 Å². The molecule has 0 fully saturated rings. The first kappa shape index (κ1) is 15.6. The minimum absolute atomic E-state index is 0.0178. The number of hydrogen-bond acceptors (Lipinski definition) is 5. The lowest BCUT2D eigenvalue weighted by Crippen LogP contribution is -2.19. The fourth-order valence-electron chi connectivity index (χ4n) is 1.72. The Morgan fingerprint density at radius 3 is 2.95 bits per heavy atom. The highest BCUT2D eigenvalue weighted by Crippen LogP contribution is 2.25. The molecule has 112 valence electrons. The third-order valence-corrected chi connectivity index (χ3v) is 3.69. The first-order valence-electron chi connectivity index (χ1n) is 6.58. The van der Waals surface area contributed by atoms with Crippen LogP contribution in [-0.4, -0.2) is 37.8 Å². The molecule has 0 saturated heterocycles. The SMILES string of the molecule is COCCOCC(=O)Nc1cccc(-c2nc(C)cs2)c1. The van der Waals surface area contributed by atoms with Gasteiger partial charge in [-0.25, -0.2) is 4.98 Å². The van der Waals surface area contributed by atoms with Crippen molar-refractivity contribution >= 4 is 22.9 Å². The smallest absolute Gasteiger partial charge is 0.250 e. The maximum atomic E-state index is 11.7. The molecular formula is C15H18N2O3S. The predicted molar refractivity (Wildman–Crippen MR) is 83.6 cm³/mol. The van der Waals surface area contributed by atoms with E-state index in [4.69, 9.17) is 9.47 Å². The quantitative estimate of drug-likeness (QED) is 0.799. The molecule has 0 saturated carbocycles. The number of carbonyl (C=O) groups is 1. The van der Waals surface area contributed by atoms with Crippen LogP contribution in [0.3, 0.4) is 0 Å². The maximum Gasteiger partial charge on any atom is 0.250 e. The molecule has 6 heteroatoms. The molecule has 21 heavy (non-hydrogen) atoms. The highest BCUT2D eigenvalue weighted by Gasteiger charge is 2.06. The lowest BCUT2D eigenvalue weighted by Gasteiger charge is -2.07. The molecular weight excluding hydrogens is 288 g/mol. The fourth-order valence-corrected chi connectivity index (χ4v) is 2.52. The zero-order valence-electron chi connectivity index (χ0n) is 12.1. The van der Waals surface area contributed by atoms with Crippen LogP contribution in [0.5, 0.6) is 0 Å². The lowest BCUT2D eigenvalue weighted by molar-refractivity contribution is -0.121. The number of benzene rings is 1. The van der Waals surface area contributed by atoms with Gasteiger partial charge in [-0.1, -0.05) is 12.1 Å². The first-order chi connectivity index (χ1) is 10.2. The zero-order valence-corrected chi connectivity index (χ0v) is 12.9. The van der Waals surface area contributed by atoms with Gasteiger partial charge in [-0.2, -0.15) is 0 Å². The van der Waals surface area contributed by atoms with Gasteiger partial charge in [0.05, 0.1) is 13.2 Å². The molecule has 0 aliphatic heterocycles. The van der Waals surface area contributed by atoms with Crippen LogP contribution >= 0.6 is 11.3 Å². The van der Waals surface area contributed by atoms with Crippen LogP contribution in [0.4, 0.5) is 5.69 Å². The summed E-state index contributed by atoms with van der Waals surface area (Å²) in [6.45, 7) is 2.86. The van der Waals surface area contributed by atoms with E-state index in [0.717, 1.165) is 22.0 Å². The molecule has 1 aromatic heterocycles. The number of aromatic nitrogens is 1. The van der Waals surface area contributed by atoms with E-state index in [2.05, 4.69) is 10.3 Å². The minimum Gasteiger partial charge on any atom is -0.382 e. The van der Waals surface area contributed by atoms with Crippen LogP contribution in [0.2, 0.25) is 0 Å². The Morgan fingerprint density at radius 2 is 2.24 bits per heavy atom. The van der Waals surface area contributed by atoms with Crippen molar-refractivity contribution in [3.8, 4) is 10.6 Å². The number of thiazole rings is 1. The van der Waals surface area contributed by atoms with Crippen LogP contribution in [0.15, 0.2) is 29.6 Å². The number of aryl methyl sites for hydroxylation is 1. The molecule has 2 aromatic rings. The van der Waals surface area contributed by atoms with Crippen molar-refractivity contribution in [2.24, 2.45) is 0 Å². The Labute approximate surface area is 127 Å². The number of anilines is 1. The van der Waals surface area contributed by atoms with Crippen LogP contribution in [0.25, 0.3) is 10.6 Å². The Hall–Kier alpha value is -1.76. The maximum absolute atomic E-state index is 11.7. The topological polar surface area (TPSA) is 60.5 Å². The van der Waals surface area contributed by atoms with Crippen molar-refractivity contribution < 1.29 is 14.3 Å².